The number of nitrogens with two attached hydrogens (primary N) is 1. The second kappa shape index (κ2) is 16.5. The van der Waals surface area contributed by atoms with Crippen molar-refractivity contribution in [1.82, 2.24) is 34.9 Å². The summed E-state index contributed by atoms with van der Waals surface area (Å²) in [6.07, 6.45) is 10.2. The number of rotatable bonds is 9. The first-order valence-electron chi connectivity index (χ1n) is 22.3. The molecule has 1 saturated carbocycles. The molecule has 1 aliphatic carbocycles. The average molecular weight is 859 g/mol. The number of fused-ring (bicyclic) bond motifs is 1. The average Bonchev–Trinajstić information content (AvgIpc) is 4.07. The van der Waals surface area contributed by atoms with Gasteiger partial charge in [0.05, 0.1) is 28.8 Å². The highest BCUT2D eigenvalue weighted by Crippen LogP contribution is 2.46. The van der Waals surface area contributed by atoms with Crippen molar-refractivity contribution in [3.05, 3.63) is 89.5 Å². The van der Waals surface area contributed by atoms with Crippen LogP contribution < -0.4 is 20.9 Å². The third-order valence-electron chi connectivity index (χ3n) is 13.9. The quantitative estimate of drug-likeness (QED) is 0.142. The van der Waals surface area contributed by atoms with E-state index in [0.29, 0.717) is 48.2 Å². The largest absolute Gasteiger partial charge is 0.507 e. The number of nitrogens with zero attached hydrogens (tertiary/aromatic N) is 8. The Morgan fingerprint density at radius 2 is 1.71 bits per heavy atom. The number of imide groups is 1. The van der Waals surface area contributed by atoms with Gasteiger partial charge in [-0.3, -0.25) is 19.8 Å². The number of pyridine rings is 1. The molecule has 5 aliphatic rings. The van der Waals surface area contributed by atoms with Crippen LogP contribution in [0, 0.1) is 5.82 Å². The smallest absolute Gasteiger partial charge is 0.328 e. The minimum Gasteiger partial charge on any atom is -0.507 e. The molecule has 4 amide bonds. The third-order valence-corrected chi connectivity index (χ3v) is 13.9. The third kappa shape index (κ3) is 8.16. The number of nitrogens with one attached hydrogen (secondary N) is 1. The normalized spacial score (nSPS) is 21.2. The van der Waals surface area contributed by atoms with Crippen LogP contribution in [0.4, 0.5) is 30.8 Å². The lowest BCUT2D eigenvalue weighted by Crippen LogP contribution is -2.51. The van der Waals surface area contributed by atoms with E-state index in [1.165, 1.54) is 11.6 Å². The molecule has 328 valence electrons. The fourth-order valence-corrected chi connectivity index (χ4v) is 10.2. The Morgan fingerprint density at radius 1 is 0.921 bits per heavy atom. The fraction of sp³-hybridized carbons (Fsp3) is 0.447. The molecule has 0 radical (unpaired) electrons. The fourth-order valence-electron chi connectivity index (χ4n) is 10.2. The summed E-state index contributed by atoms with van der Waals surface area (Å²) >= 11 is 0. The number of aromatic nitrogens is 4. The highest BCUT2D eigenvalue weighted by Gasteiger charge is 2.40. The van der Waals surface area contributed by atoms with Gasteiger partial charge in [0, 0.05) is 101 Å². The number of carbonyl (C=O) groups excluding carboxylic acids is 3. The zero-order valence-electron chi connectivity index (χ0n) is 35.2. The molecule has 16 heteroatoms. The number of halogens is 2. The Morgan fingerprint density at radius 3 is 2.46 bits per heavy atom. The molecule has 2 aromatic carbocycles. The topological polar surface area (TPSA) is 166 Å². The molecule has 14 nitrogen and oxygen atoms in total. The molecule has 7 heterocycles. The van der Waals surface area contributed by atoms with E-state index in [9.17, 15) is 19.5 Å². The van der Waals surface area contributed by atoms with Crippen LogP contribution >= 0.6 is 0 Å². The first-order chi connectivity index (χ1) is 30.5. The number of urea groups is 1. The van der Waals surface area contributed by atoms with Crippen LogP contribution in [0.3, 0.4) is 0 Å². The number of amides is 4. The number of benzene rings is 2. The van der Waals surface area contributed by atoms with Gasteiger partial charge in [0.2, 0.25) is 5.91 Å². The van der Waals surface area contributed by atoms with Crippen LogP contribution in [0.15, 0.2) is 67.0 Å². The molecular formula is C47H52F2N10O4. The summed E-state index contributed by atoms with van der Waals surface area (Å²) in [5, 5.41) is 22.2. The predicted molar refractivity (Wildman–Crippen MR) is 235 cm³/mol. The van der Waals surface area contributed by atoms with Crippen LogP contribution in [0.5, 0.6) is 5.75 Å². The second-order valence-electron chi connectivity index (χ2n) is 18.1. The Bertz CT molecular complexity index is 2580. The van der Waals surface area contributed by atoms with Crippen molar-refractivity contribution in [3.8, 4) is 17.0 Å². The van der Waals surface area contributed by atoms with Gasteiger partial charge in [-0.2, -0.15) is 0 Å². The number of likely N-dealkylation sites (tertiary alicyclic amines) is 2. The molecule has 5 aromatic rings. The monoisotopic (exact) mass is 858 g/mol. The lowest BCUT2D eigenvalue weighted by molar-refractivity contribution is -0.120. The van der Waals surface area contributed by atoms with E-state index in [2.05, 4.69) is 36.1 Å². The molecule has 5 fully saturated rings. The number of para-hydroxylation sites is 1. The number of nitrogen functional groups attached to an aromatic ring is 1. The molecule has 1 atom stereocenters. The SMILES string of the molecule is Nc1nnc(-c2ccccc2O)cc1N1CCC[C@H](c2ccc(C(=O)N3CCC(F)(CN4CCC(n5cc(C6CC6)c6cc(N7CCC(=O)NC7=O)cnc65)CC4)CC3)c(F)c2)C1. The molecule has 4 saturated heterocycles. The zero-order chi connectivity index (χ0) is 43.4. The second-order valence-corrected chi connectivity index (χ2v) is 18.1. The van der Waals surface area contributed by atoms with Crippen molar-refractivity contribution in [2.75, 3.05) is 67.9 Å². The highest BCUT2D eigenvalue weighted by molar-refractivity contribution is 6.06. The number of hydrogen-bond acceptors (Lipinski definition) is 10. The molecule has 3 aromatic heterocycles. The summed E-state index contributed by atoms with van der Waals surface area (Å²) in [6.45, 7) is 3.83. The lowest BCUT2D eigenvalue weighted by atomic mass is 9.89. The van der Waals surface area contributed by atoms with Crippen LogP contribution in [0.2, 0.25) is 0 Å². The summed E-state index contributed by atoms with van der Waals surface area (Å²) in [5.41, 5.74) is 10.2. The molecule has 0 spiro atoms. The number of anilines is 3. The van der Waals surface area contributed by atoms with Gasteiger partial charge in [-0.25, -0.2) is 18.6 Å². The van der Waals surface area contributed by atoms with E-state index >= 15 is 8.78 Å². The summed E-state index contributed by atoms with van der Waals surface area (Å²) in [5.74, 6) is -0.432. The van der Waals surface area contributed by atoms with Gasteiger partial charge >= 0.3 is 6.03 Å². The van der Waals surface area contributed by atoms with E-state index < -0.39 is 23.4 Å². The van der Waals surface area contributed by atoms with Gasteiger partial charge in [0.25, 0.3) is 5.91 Å². The number of phenolic OH excluding ortho intramolecular Hbond substituents is 1. The van der Waals surface area contributed by atoms with Crippen LogP contribution in [-0.2, 0) is 4.79 Å². The lowest BCUT2D eigenvalue weighted by Gasteiger charge is -2.41. The van der Waals surface area contributed by atoms with Crippen molar-refractivity contribution in [3.63, 3.8) is 0 Å². The van der Waals surface area contributed by atoms with Gasteiger partial charge in [0.15, 0.2) is 5.82 Å². The Labute approximate surface area is 364 Å². The Kier molecular flexibility index (Phi) is 10.7. The minimum absolute atomic E-state index is 0.00342. The summed E-state index contributed by atoms with van der Waals surface area (Å²) in [4.78, 5) is 50.3. The maximum atomic E-state index is 16.5. The summed E-state index contributed by atoms with van der Waals surface area (Å²) in [7, 11) is 0. The molecule has 10 rings (SSSR count). The number of alkyl halides is 1. The first-order valence-corrected chi connectivity index (χ1v) is 22.3. The molecule has 4 aliphatic heterocycles. The number of phenols is 1. The first kappa shape index (κ1) is 40.9. The number of piperidine rings is 3. The number of aromatic hydroxyl groups is 1. The van der Waals surface area contributed by atoms with Crippen molar-refractivity contribution < 1.29 is 28.3 Å². The Balaban J connectivity index is 0.739. The van der Waals surface area contributed by atoms with Crippen LogP contribution in [0.1, 0.15) is 97.1 Å². The van der Waals surface area contributed by atoms with E-state index in [4.69, 9.17) is 10.7 Å². The number of hydrogen-bond donors (Lipinski definition) is 3. The molecule has 0 unspecified atom stereocenters. The van der Waals surface area contributed by atoms with E-state index in [1.54, 1.807) is 40.3 Å². The van der Waals surface area contributed by atoms with Gasteiger partial charge in [-0.15, -0.1) is 10.2 Å². The zero-order valence-corrected chi connectivity index (χ0v) is 35.2. The van der Waals surface area contributed by atoms with Gasteiger partial charge in [-0.05, 0) is 92.0 Å². The van der Waals surface area contributed by atoms with E-state index in [1.807, 2.05) is 24.3 Å². The molecule has 4 N–H and O–H groups in total. The van der Waals surface area contributed by atoms with Gasteiger partial charge in [-0.1, -0.05) is 18.2 Å². The molecular weight excluding hydrogens is 807 g/mol. The predicted octanol–water partition coefficient (Wildman–Crippen LogP) is 6.91. The van der Waals surface area contributed by atoms with Crippen molar-refractivity contribution in [2.45, 2.75) is 81.3 Å². The standard InChI is InChI=1S/C47H52F2N10O4/c48-38-22-30(31-4-3-16-57(26-31)40-24-39(53-54-43(40)50)35-5-1-2-6-41(35)60)9-10-34(38)45(62)56-20-14-47(49,15-21-56)28-55-17-11-32(12-18-55)59-27-37(29-7-8-29)36-23-33(25-51-44(36)59)58-19-13-42(61)52-46(58)63/h1-2,5-6,9-10,22-25,27,29,31-32,60H,3-4,7-8,11-21,26,28H2,(H2,50,54)(H,52,61,63)/t31-/m0/s1. The highest BCUT2D eigenvalue weighted by atomic mass is 19.1. The van der Waals surface area contributed by atoms with Crippen molar-refractivity contribution >= 4 is 46.1 Å². The summed E-state index contributed by atoms with van der Waals surface area (Å²) < 4.78 is 34.5. The Hall–Kier alpha value is -6.16. The molecule has 63 heavy (non-hydrogen) atoms. The van der Waals surface area contributed by atoms with E-state index in [0.717, 1.165) is 74.8 Å². The summed E-state index contributed by atoms with van der Waals surface area (Å²) in [6, 6.07) is 15.4. The maximum absolute atomic E-state index is 16.5. The minimum atomic E-state index is -1.45. The van der Waals surface area contributed by atoms with Crippen LogP contribution in [0.25, 0.3) is 22.3 Å². The maximum Gasteiger partial charge on any atom is 0.328 e. The van der Waals surface area contributed by atoms with Gasteiger partial charge < -0.3 is 30.1 Å². The van der Waals surface area contributed by atoms with Crippen molar-refractivity contribution in [1.29, 1.82) is 0 Å². The van der Waals surface area contributed by atoms with E-state index in [-0.39, 0.29) is 67.3 Å². The van der Waals surface area contributed by atoms with Crippen molar-refractivity contribution in [2.24, 2.45) is 0 Å². The van der Waals surface area contributed by atoms with Crippen LogP contribution in [-0.4, -0.2) is 111 Å². The van der Waals surface area contributed by atoms with Gasteiger partial charge in [0.1, 0.15) is 22.9 Å². The number of carbonyl (C=O) groups is 3. The molecule has 0 bridgehead atoms.